The summed E-state index contributed by atoms with van der Waals surface area (Å²) in [5, 5.41) is 0. The van der Waals surface area contributed by atoms with Crippen molar-refractivity contribution in [1.82, 2.24) is 19.6 Å². The summed E-state index contributed by atoms with van der Waals surface area (Å²) < 4.78 is 19.8. The third-order valence-electron chi connectivity index (χ3n) is 15.1. The summed E-state index contributed by atoms with van der Waals surface area (Å²) in [5.41, 5.74) is 0. The van der Waals surface area contributed by atoms with Crippen LogP contribution in [0.1, 0.15) is 227 Å². The second kappa shape index (κ2) is 40.9. The monoisotopic (exact) mass is 1060 g/mol. The number of hydrogen-bond donors (Lipinski definition) is 0. The summed E-state index contributed by atoms with van der Waals surface area (Å²) in [6, 6.07) is 0.371. The molecule has 4 aliphatic heterocycles. The minimum Gasteiger partial charge on any atom is -0.469 e. The normalized spacial score (nSPS) is 20.5. The van der Waals surface area contributed by atoms with E-state index in [1.165, 1.54) is 123 Å². The maximum absolute atomic E-state index is 11.9. The van der Waals surface area contributed by atoms with Gasteiger partial charge in [-0.1, -0.05) is 157 Å². The Bertz CT molecular complexity index is 1660. The Balaban J connectivity index is 0.000000344. The lowest BCUT2D eigenvalue weighted by Crippen LogP contribution is -2.38. The number of carbonyl (C=O) groups is 8. The highest BCUT2D eigenvalue weighted by atomic mass is 16.5. The van der Waals surface area contributed by atoms with Gasteiger partial charge in [-0.05, 0) is 44.9 Å². The molecule has 75 heavy (non-hydrogen) atoms. The molecule has 1 aliphatic carbocycles. The first-order valence-corrected chi connectivity index (χ1v) is 29.9. The van der Waals surface area contributed by atoms with Gasteiger partial charge in [-0.2, -0.15) is 0 Å². The fourth-order valence-corrected chi connectivity index (χ4v) is 10.4. The van der Waals surface area contributed by atoms with Gasteiger partial charge in [-0.15, -0.1) is 0 Å². The first-order chi connectivity index (χ1) is 36.3. The molecule has 0 aromatic rings. The van der Waals surface area contributed by atoms with Gasteiger partial charge in [0.05, 0.1) is 51.1 Å². The lowest BCUT2D eigenvalue weighted by atomic mass is 9.94. The number of ether oxygens (including phenoxy) is 4. The van der Waals surface area contributed by atoms with Crippen molar-refractivity contribution < 1.29 is 57.3 Å². The number of rotatable bonds is 31. The molecule has 16 nitrogen and oxygen atoms in total. The van der Waals surface area contributed by atoms with Crippen LogP contribution in [0.25, 0.3) is 0 Å². The van der Waals surface area contributed by atoms with E-state index in [-0.39, 0.29) is 71.2 Å². The van der Waals surface area contributed by atoms with Crippen LogP contribution in [0.15, 0.2) is 0 Å². The number of likely N-dealkylation sites (tertiary alicyclic amines) is 4. The number of carbonyl (C=O) groups excluding carboxylic acids is 8. The molecule has 0 radical (unpaired) electrons. The van der Waals surface area contributed by atoms with Crippen LogP contribution in [-0.2, 0) is 57.3 Å². The SMILES string of the molecule is CCCCCCCCN1CC(C(=O)OC)CC1=O.CCCCCCCCN1CC(C(=O)OCCC)CC1=O.CCCCCCOC(=O)C1CC(=O)N(CCCCCC)C1.COC(=O)C1CC(=O)N(C2CCCCC2)C1. The van der Waals surface area contributed by atoms with E-state index in [4.69, 9.17) is 14.2 Å². The van der Waals surface area contributed by atoms with Crippen LogP contribution in [0, 0.1) is 23.7 Å². The van der Waals surface area contributed by atoms with Crippen LogP contribution in [0.2, 0.25) is 0 Å². The molecule has 432 valence electrons. The van der Waals surface area contributed by atoms with Gasteiger partial charge in [0.15, 0.2) is 0 Å². The molecule has 5 fully saturated rings. The van der Waals surface area contributed by atoms with E-state index < -0.39 is 0 Å². The second-order valence-electron chi connectivity index (χ2n) is 21.5. The average Bonchev–Trinajstić information content (AvgIpc) is 4.21. The summed E-state index contributed by atoms with van der Waals surface area (Å²) in [6.45, 7) is 16.3. The topological polar surface area (TPSA) is 186 Å². The quantitative estimate of drug-likeness (QED) is 0.0364. The van der Waals surface area contributed by atoms with Crippen LogP contribution in [-0.4, -0.2) is 146 Å². The Morgan fingerprint density at radius 1 is 0.387 bits per heavy atom. The molecule has 4 amide bonds. The number of unbranched alkanes of at least 4 members (excludes halogenated alkanes) is 16. The fourth-order valence-electron chi connectivity index (χ4n) is 10.4. The van der Waals surface area contributed by atoms with E-state index in [1.54, 1.807) is 4.90 Å². The van der Waals surface area contributed by atoms with Gasteiger partial charge in [0, 0.05) is 77.5 Å². The zero-order valence-electron chi connectivity index (χ0n) is 48.2. The lowest BCUT2D eigenvalue weighted by Gasteiger charge is -2.31. The van der Waals surface area contributed by atoms with E-state index in [1.807, 2.05) is 21.6 Å². The highest BCUT2D eigenvalue weighted by Crippen LogP contribution is 2.29. The van der Waals surface area contributed by atoms with Crippen molar-refractivity contribution in [2.24, 2.45) is 23.7 Å². The molecule has 5 aliphatic rings. The molecule has 0 spiro atoms. The minimum absolute atomic E-state index is 0.0963. The standard InChI is InChI=1S/C17H31NO3.C16H29NO3.C14H25NO3.C12H19NO3/c1-3-5-7-9-11-18-14-15(13-16(18)19)17(20)21-12-10-8-6-4-2;1-3-5-6-7-8-9-10-17-13-14(12-15(17)18)16(19)20-11-4-2;1-3-4-5-6-7-8-9-15-11-12(10-13(15)16)14(17)18-2;1-16-12(15)9-7-11(14)13(8-9)10-5-3-2-4-6-10/h15H,3-14H2,1-2H3;14H,3-13H2,1-2H3;12H,3-11H2,1-2H3;9-10H,2-8H2,1H3. The zero-order chi connectivity index (χ0) is 55.2. The van der Waals surface area contributed by atoms with Crippen LogP contribution < -0.4 is 0 Å². The molecule has 5 rings (SSSR count). The van der Waals surface area contributed by atoms with Gasteiger partial charge in [-0.3, -0.25) is 38.4 Å². The van der Waals surface area contributed by atoms with Crippen molar-refractivity contribution in [3.63, 3.8) is 0 Å². The first kappa shape index (κ1) is 66.9. The van der Waals surface area contributed by atoms with Gasteiger partial charge in [0.1, 0.15) is 0 Å². The van der Waals surface area contributed by atoms with Crippen LogP contribution in [0.3, 0.4) is 0 Å². The van der Waals surface area contributed by atoms with Crippen molar-refractivity contribution >= 4 is 47.5 Å². The Hall–Kier alpha value is -4.24. The molecule has 0 aromatic heterocycles. The molecular weight excluding hydrogens is 957 g/mol. The minimum atomic E-state index is -0.256. The Morgan fingerprint density at radius 3 is 1.12 bits per heavy atom. The third-order valence-corrected chi connectivity index (χ3v) is 15.1. The summed E-state index contributed by atoms with van der Waals surface area (Å²) in [7, 11) is 2.76. The van der Waals surface area contributed by atoms with E-state index in [0.717, 1.165) is 77.4 Å². The van der Waals surface area contributed by atoms with Crippen LogP contribution in [0.4, 0.5) is 0 Å². The van der Waals surface area contributed by atoms with Gasteiger partial charge >= 0.3 is 23.9 Å². The first-order valence-electron chi connectivity index (χ1n) is 29.9. The van der Waals surface area contributed by atoms with Crippen molar-refractivity contribution in [3.8, 4) is 0 Å². The molecule has 0 N–H and O–H groups in total. The van der Waals surface area contributed by atoms with Gasteiger partial charge in [0.25, 0.3) is 0 Å². The molecule has 16 heteroatoms. The van der Waals surface area contributed by atoms with Gasteiger partial charge < -0.3 is 38.5 Å². The van der Waals surface area contributed by atoms with Crippen LogP contribution in [0.5, 0.6) is 0 Å². The van der Waals surface area contributed by atoms with Gasteiger partial charge in [0.2, 0.25) is 23.6 Å². The van der Waals surface area contributed by atoms with E-state index >= 15 is 0 Å². The summed E-state index contributed by atoms with van der Waals surface area (Å²) >= 11 is 0. The molecule has 0 bridgehead atoms. The number of amides is 4. The smallest absolute Gasteiger partial charge is 0.311 e. The van der Waals surface area contributed by atoms with Crippen molar-refractivity contribution in [2.75, 3.05) is 73.2 Å². The predicted molar refractivity (Wildman–Crippen MR) is 292 cm³/mol. The molecule has 4 unspecified atom stereocenters. The second-order valence-corrected chi connectivity index (χ2v) is 21.5. The summed E-state index contributed by atoms with van der Waals surface area (Å²) in [6.07, 6.45) is 31.7. The maximum Gasteiger partial charge on any atom is 0.311 e. The number of methoxy groups -OCH3 is 2. The molecule has 1 saturated carbocycles. The van der Waals surface area contributed by atoms with Crippen LogP contribution >= 0.6 is 0 Å². The van der Waals surface area contributed by atoms with E-state index in [9.17, 15) is 38.4 Å². The molecule has 4 atom stereocenters. The predicted octanol–water partition coefficient (Wildman–Crippen LogP) is 10.4. The van der Waals surface area contributed by atoms with E-state index in [2.05, 4.69) is 32.4 Å². The average molecular weight is 1060 g/mol. The number of nitrogens with zero attached hydrogens (tertiary/aromatic N) is 4. The molecule has 4 saturated heterocycles. The Labute approximate surface area is 453 Å². The Kier molecular flexibility index (Phi) is 36.5. The maximum atomic E-state index is 11.9. The van der Waals surface area contributed by atoms with Crippen molar-refractivity contribution in [3.05, 3.63) is 0 Å². The third kappa shape index (κ3) is 27.1. The fraction of sp³-hybridized carbons (Fsp3) is 0.864. The number of hydrogen-bond acceptors (Lipinski definition) is 12. The lowest BCUT2D eigenvalue weighted by molar-refractivity contribution is -0.149. The van der Waals surface area contributed by atoms with Gasteiger partial charge in [-0.25, -0.2) is 0 Å². The zero-order valence-corrected chi connectivity index (χ0v) is 48.2. The Morgan fingerprint density at radius 2 is 0.720 bits per heavy atom. The van der Waals surface area contributed by atoms with Crippen molar-refractivity contribution in [2.45, 2.75) is 233 Å². The molecular formula is C59H104N4O12. The highest BCUT2D eigenvalue weighted by molar-refractivity contribution is 5.88. The largest absolute Gasteiger partial charge is 0.469 e. The highest BCUT2D eigenvalue weighted by Gasteiger charge is 2.39. The molecule has 4 heterocycles. The summed E-state index contributed by atoms with van der Waals surface area (Å²) in [5.74, 6) is -1.41. The molecule has 0 aromatic carbocycles. The number of esters is 4. The van der Waals surface area contributed by atoms with E-state index in [0.29, 0.717) is 71.1 Å². The summed E-state index contributed by atoms with van der Waals surface area (Å²) in [4.78, 5) is 101. The van der Waals surface area contributed by atoms with Crippen molar-refractivity contribution in [1.29, 1.82) is 0 Å².